The molecule has 0 bridgehead atoms. The summed E-state index contributed by atoms with van der Waals surface area (Å²) in [6.45, 7) is 6.89. The average molecular weight is 425 g/mol. The number of nitrogens with one attached hydrogen (secondary N) is 1. The van der Waals surface area contributed by atoms with Crippen molar-refractivity contribution in [2.45, 2.75) is 39.0 Å². The average Bonchev–Trinajstić information content (AvgIpc) is 2.73. The maximum Gasteiger partial charge on any atom is 0.332 e. The van der Waals surface area contributed by atoms with Gasteiger partial charge in [-0.05, 0) is 35.6 Å². The second kappa shape index (κ2) is 8.75. The van der Waals surface area contributed by atoms with Crippen LogP contribution < -0.4 is 21.3 Å². The summed E-state index contributed by atoms with van der Waals surface area (Å²) >= 11 is 0. The third-order valence-corrected chi connectivity index (χ3v) is 5.11. The molecule has 3 rings (SSSR count). The lowest BCUT2D eigenvalue weighted by Crippen LogP contribution is -2.37. The molecule has 2 aromatic heterocycles. The van der Waals surface area contributed by atoms with Crippen LogP contribution in [-0.2, 0) is 24.3 Å². The minimum Gasteiger partial charge on any atom is -0.494 e. The molecule has 0 aliphatic heterocycles. The van der Waals surface area contributed by atoms with E-state index in [4.69, 9.17) is 4.74 Å². The molecule has 1 amide bonds. The highest BCUT2D eigenvalue weighted by Gasteiger charge is 2.13. The highest BCUT2D eigenvalue weighted by molar-refractivity contribution is 5.92. The third-order valence-electron chi connectivity index (χ3n) is 5.11. The first-order chi connectivity index (χ1) is 14.6. The summed E-state index contributed by atoms with van der Waals surface area (Å²) in [7, 11) is 2.96. The Labute approximate surface area is 180 Å². The maximum atomic E-state index is 12.3. The maximum absolute atomic E-state index is 12.3. The zero-order valence-corrected chi connectivity index (χ0v) is 18.6. The van der Waals surface area contributed by atoms with E-state index < -0.39 is 11.2 Å². The summed E-state index contributed by atoms with van der Waals surface area (Å²) in [6.07, 6.45) is 2.25. The number of carbonyl (C=O) groups is 1. The van der Waals surface area contributed by atoms with Crippen molar-refractivity contribution in [3.8, 4) is 5.75 Å². The smallest absolute Gasteiger partial charge is 0.332 e. The summed E-state index contributed by atoms with van der Waals surface area (Å²) in [5, 5.41) is 3.01. The number of aromatic nitrogens is 3. The van der Waals surface area contributed by atoms with E-state index in [0.29, 0.717) is 18.7 Å². The van der Waals surface area contributed by atoms with Crippen molar-refractivity contribution < 1.29 is 9.53 Å². The second-order valence-corrected chi connectivity index (χ2v) is 8.58. The van der Waals surface area contributed by atoms with Gasteiger partial charge in [-0.15, -0.1) is 0 Å². The number of hydrogen-bond donors (Lipinski definition) is 1. The van der Waals surface area contributed by atoms with Gasteiger partial charge in [0.1, 0.15) is 11.4 Å². The van der Waals surface area contributed by atoms with Gasteiger partial charge in [0.05, 0.1) is 23.9 Å². The molecule has 1 aromatic carbocycles. The molecule has 0 saturated heterocycles. The van der Waals surface area contributed by atoms with Gasteiger partial charge in [-0.1, -0.05) is 32.9 Å². The molecule has 0 saturated carbocycles. The molecule has 0 fully saturated rings. The predicted octanol–water partition coefficient (Wildman–Crippen LogP) is 2.73. The monoisotopic (exact) mass is 424 g/mol. The van der Waals surface area contributed by atoms with Crippen molar-refractivity contribution in [3.05, 3.63) is 62.9 Å². The van der Waals surface area contributed by atoms with E-state index in [0.717, 1.165) is 10.3 Å². The summed E-state index contributed by atoms with van der Waals surface area (Å²) in [5.41, 5.74) is 1.11. The van der Waals surface area contributed by atoms with E-state index >= 15 is 0 Å². The van der Waals surface area contributed by atoms with Gasteiger partial charge < -0.3 is 10.1 Å². The van der Waals surface area contributed by atoms with Crippen LogP contribution in [0.5, 0.6) is 5.75 Å². The summed E-state index contributed by atoms with van der Waals surface area (Å²) in [6, 6.07) is 9.52. The van der Waals surface area contributed by atoms with E-state index in [1.807, 2.05) is 12.1 Å². The predicted molar refractivity (Wildman–Crippen MR) is 121 cm³/mol. The molecule has 0 aliphatic carbocycles. The summed E-state index contributed by atoms with van der Waals surface area (Å²) in [4.78, 5) is 40.7. The van der Waals surface area contributed by atoms with Crippen LogP contribution in [0.25, 0.3) is 11.0 Å². The molecule has 0 aliphatic rings. The molecule has 2 heterocycles. The minimum absolute atomic E-state index is 0.0904. The van der Waals surface area contributed by atoms with Crippen molar-refractivity contribution in [1.82, 2.24) is 14.1 Å². The number of amides is 1. The lowest BCUT2D eigenvalue weighted by atomic mass is 9.87. The van der Waals surface area contributed by atoms with Gasteiger partial charge in [0.25, 0.3) is 5.56 Å². The number of ether oxygens (including phenoxy) is 1. The van der Waals surface area contributed by atoms with Crippen LogP contribution in [0.3, 0.4) is 0 Å². The number of carbonyl (C=O) groups excluding carboxylic acids is 1. The van der Waals surface area contributed by atoms with Crippen LogP contribution in [0.4, 0.5) is 5.69 Å². The molecule has 1 N–H and O–H groups in total. The Bertz CT molecular complexity index is 1220. The van der Waals surface area contributed by atoms with Gasteiger partial charge in [-0.2, -0.15) is 0 Å². The number of pyridine rings is 1. The van der Waals surface area contributed by atoms with E-state index in [1.165, 1.54) is 29.4 Å². The van der Waals surface area contributed by atoms with Crippen LogP contribution in [0.1, 0.15) is 39.2 Å². The molecular formula is C23H28N4O4. The van der Waals surface area contributed by atoms with Crippen LogP contribution in [0.15, 0.2) is 46.1 Å². The van der Waals surface area contributed by atoms with Crippen LogP contribution in [0.2, 0.25) is 0 Å². The number of aryl methyl sites for hydroxylation is 1. The van der Waals surface area contributed by atoms with Gasteiger partial charge in [-0.3, -0.25) is 18.7 Å². The Morgan fingerprint density at radius 2 is 1.77 bits per heavy atom. The molecule has 8 heteroatoms. The van der Waals surface area contributed by atoms with Crippen molar-refractivity contribution in [1.29, 1.82) is 0 Å². The van der Waals surface area contributed by atoms with Gasteiger partial charge in [0.15, 0.2) is 0 Å². The lowest BCUT2D eigenvalue weighted by molar-refractivity contribution is -0.116. The number of rotatable bonds is 6. The van der Waals surface area contributed by atoms with Gasteiger partial charge in [0.2, 0.25) is 5.91 Å². The minimum atomic E-state index is -0.451. The first kappa shape index (κ1) is 22.3. The first-order valence-corrected chi connectivity index (χ1v) is 10.2. The molecule has 3 aromatic rings. The summed E-state index contributed by atoms with van der Waals surface area (Å²) in [5.74, 6) is 0.572. The molecule has 164 valence electrons. The topological polar surface area (TPSA) is 95.2 Å². The number of fused-ring (bicyclic) bond motifs is 1. The fourth-order valence-corrected chi connectivity index (χ4v) is 3.23. The Kier molecular flexibility index (Phi) is 6.29. The van der Waals surface area contributed by atoms with Crippen molar-refractivity contribution in [2.75, 3.05) is 11.9 Å². The van der Waals surface area contributed by atoms with Gasteiger partial charge in [0, 0.05) is 20.5 Å². The van der Waals surface area contributed by atoms with Crippen molar-refractivity contribution in [2.24, 2.45) is 14.1 Å². The van der Waals surface area contributed by atoms with Crippen LogP contribution in [0, 0.1) is 0 Å². The Morgan fingerprint density at radius 1 is 1.10 bits per heavy atom. The first-order valence-electron chi connectivity index (χ1n) is 10.2. The zero-order chi connectivity index (χ0) is 22.8. The Balaban J connectivity index is 1.56. The number of hydrogen-bond acceptors (Lipinski definition) is 5. The molecule has 8 nitrogen and oxygen atoms in total. The zero-order valence-electron chi connectivity index (χ0n) is 18.6. The number of anilines is 1. The van der Waals surface area contributed by atoms with Crippen molar-refractivity contribution >= 4 is 22.6 Å². The molecule has 31 heavy (non-hydrogen) atoms. The largest absolute Gasteiger partial charge is 0.494 e. The summed E-state index contributed by atoms with van der Waals surface area (Å²) < 4.78 is 8.03. The van der Waals surface area contributed by atoms with E-state index in [-0.39, 0.29) is 28.8 Å². The lowest BCUT2D eigenvalue weighted by Gasteiger charge is -2.19. The fourth-order valence-electron chi connectivity index (χ4n) is 3.23. The normalized spacial score (nSPS) is 11.5. The Hall–Kier alpha value is -3.42. The van der Waals surface area contributed by atoms with E-state index in [1.54, 1.807) is 7.05 Å². The highest BCUT2D eigenvalue weighted by Crippen LogP contribution is 2.24. The Morgan fingerprint density at radius 3 is 2.42 bits per heavy atom. The standard InChI is InChI=1S/C23H28N4O4/c1-23(2,3)15-8-10-17(11-9-15)31-12-6-7-19(28)25-16-13-18-20(24-14-16)26(4)22(30)27(5)21(18)29/h8-11,13-14H,6-7,12H2,1-5H3,(H,25,28). The highest BCUT2D eigenvalue weighted by atomic mass is 16.5. The molecule has 0 atom stereocenters. The number of benzene rings is 1. The molecule has 0 radical (unpaired) electrons. The SMILES string of the molecule is Cn1c(=O)c2cc(NC(=O)CCCOc3ccc(C(C)(C)C)cc3)cnc2n(C)c1=O. The van der Waals surface area contributed by atoms with Gasteiger partial charge in [-0.25, -0.2) is 9.78 Å². The molecular weight excluding hydrogens is 396 g/mol. The fraction of sp³-hybridized carbons (Fsp3) is 0.391. The van der Waals surface area contributed by atoms with Crippen LogP contribution in [-0.4, -0.2) is 26.6 Å². The van der Waals surface area contributed by atoms with Crippen molar-refractivity contribution in [3.63, 3.8) is 0 Å². The van der Waals surface area contributed by atoms with Gasteiger partial charge >= 0.3 is 5.69 Å². The van der Waals surface area contributed by atoms with Crippen LogP contribution >= 0.6 is 0 Å². The number of nitrogens with zero attached hydrogens (tertiary/aromatic N) is 3. The quantitative estimate of drug-likeness (QED) is 0.614. The molecule has 0 spiro atoms. The van der Waals surface area contributed by atoms with E-state index in [2.05, 4.69) is 43.2 Å². The second-order valence-electron chi connectivity index (χ2n) is 8.58. The third kappa shape index (κ3) is 5.02. The molecule has 0 unspecified atom stereocenters. The van der Waals surface area contributed by atoms with E-state index in [9.17, 15) is 14.4 Å².